The lowest BCUT2D eigenvalue weighted by Crippen LogP contribution is -2.21. The Morgan fingerprint density at radius 3 is 2.62 bits per heavy atom. The van der Waals surface area contributed by atoms with Gasteiger partial charge in [0.15, 0.2) is 0 Å². The number of aromatic carboxylic acids is 1. The number of rotatable bonds is 7. The van der Waals surface area contributed by atoms with E-state index in [2.05, 4.69) is 4.74 Å². The Morgan fingerprint density at radius 2 is 2.05 bits per heavy atom. The van der Waals surface area contributed by atoms with Crippen molar-refractivity contribution in [2.45, 2.75) is 13.3 Å². The summed E-state index contributed by atoms with van der Waals surface area (Å²) in [5.41, 5.74) is -1.18. The van der Waals surface area contributed by atoms with Crippen LogP contribution in [-0.4, -0.2) is 37.8 Å². The van der Waals surface area contributed by atoms with Crippen molar-refractivity contribution >= 4 is 27.6 Å². The number of carboxylic acids is 1. The van der Waals surface area contributed by atoms with Gasteiger partial charge in [-0.1, -0.05) is 6.07 Å². The second-order valence-corrected chi connectivity index (χ2v) is 5.79. The summed E-state index contributed by atoms with van der Waals surface area (Å²) in [5.74, 6) is -3.95. The number of carboxylic acid groups (broad SMARTS) is 1. The molecule has 0 aliphatic heterocycles. The SMILES string of the molecule is CCOC(=O)CCS(=O)(=O)Nc1cccc(F)c1C(=O)O. The molecular weight excluding hydrogens is 305 g/mol. The molecule has 0 spiro atoms. The van der Waals surface area contributed by atoms with Gasteiger partial charge in [0.05, 0.1) is 24.5 Å². The average molecular weight is 319 g/mol. The smallest absolute Gasteiger partial charge is 0.340 e. The molecule has 2 N–H and O–H groups in total. The first-order chi connectivity index (χ1) is 9.76. The van der Waals surface area contributed by atoms with E-state index >= 15 is 0 Å². The number of benzene rings is 1. The van der Waals surface area contributed by atoms with E-state index in [-0.39, 0.29) is 13.0 Å². The second kappa shape index (κ2) is 7.02. The Morgan fingerprint density at radius 1 is 1.38 bits per heavy atom. The summed E-state index contributed by atoms with van der Waals surface area (Å²) in [4.78, 5) is 22.0. The molecule has 0 atom stereocenters. The molecule has 0 aromatic heterocycles. The maximum Gasteiger partial charge on any atom is 0.340 e. The molecule has 21 heavy (non-hydrogen) atoms. The Hall–Kier alpha value is -2.16. The highest BCUT2D eigenvalue weighted by Gasteiger charge is 2.20. The van der Waals surface area contributed by atoms with Crippen LogP contribution >= 0.6 is 0 Å². The van der Waals surface area contributed by atoms with Crippen LogP contribution in [0.3, 0.4) is 0 Å². The number of nitrogens with one attached hydrogen (secondary N) is 1. The Kier molecular flexibility index (Phi) is 5.65. The molecule has 116 valence electrons. The van der Waals surface area contributed by atoms with Crippen molar-refractivity contribution < 1.29 is 32.2 Å². The molecule has 0 saturated heterocycles. The van der Waals surface area contributed by atoms with E-state index in [9.17, 15) is 22.4 Å². The minimum absolute atomic E-state index is 0.124. The van der Waals surface area contributed by atoms with Crippen molar-refractivity contribution in [1.82, 2.24) is 0 Å². The van der Waals surface area contributed by atoms with E-state index in [1.807, 2.05) is 4.72 Å². The summed E-state index contributed by atoms with van der Waals surface area (Å²) in [5, 5.41) is 8.88. The van der Waals surface area contributed by atoms with Gasteiger partial charge in [-0.3, -0.25) is 9.52 Å². The first kappa shape index (κ1) is 16.9. The van der Waals surface area contributed by atoms with Crippen molar-refractivity contribution in [3.63, 3.8) is 0 Å². The minimum Gasteiger partial charge on any atom is -0.478 e. The fourth-order valence-electron chi connectivity index (χ4n) is 1.50. The molecule has 0 amide bonds. The summed E-state index contributed by atoms with van der Waals surface area (Å²) < 4.78 is 43.5. The molecule has 0 heterocycles. The van der Waals surface area contributed by atoms with Crippen LogP contribution in [0.15, 0.2) is 18.2 Å². The summed E-state index contributed by atoms with van der Waals surface area (Å²) >= 11 is 0. The van der Waals surface area contributed by atoms with E-state index in [0.717, 1.165) is 12.1 Å². The molecule has 0 radical (unpaired) electrons. The highest BCUT2D eigenvalue weighted by atomic mass is 32.2. The van der Waals surface area contributed by atoms with Gasteiger partial charge in [-0.15, -0.1) is 0 Å². The average Bonchev–Trinajstić information content (AvgIpc) is 2.36. The Bertz CT molecular complexity index is 643. The van der Waals surface area contributed by atoms with Crippen LogP contribution in [-0.2, 0) is 19.6 Å². The summed E-state index contributed by atoms with van der Waals surface area (Å²) in [6, 6.07) is 3.19. The van der Waals surface area contributed by atoms with Gasteiger partial charge in [-0.2, -0.15) is 0 Å². The van der Waals surface area contributed by atoms with Gasteiger partial charge in [0.2, 0.25) is 10.0 Å². The van der Waals surface area contributed by atoms with Gasteiger partial charge in [-0.05, 0) is 19.1 Å². The van der Waals surface area contributed by atoms with E-state index in [4.69, 9.17) is 5.11 Å². The topological polar surface area (TPSA) is 110 Å². The number of esters is 1. The minimum atomic E-state index is -4.00. The Balaban J connectivity index is 2.88. The summed E-state index contributed by atoms with van der Waals surface area (Å²) in [6.45, 7) is 1.70. The van der Waals surface area contributed by atoms with Gasteiger partial charge in [0, 0.05) is 0 Å². The van der Waals surface area contributed by atoms with Gasteiger partial charge < -0.3 is 9.84 Å². The predicted octanol–water partition coefficient (Wildman–Crippen LogP) is 1.22. The largest absolute Gasteiger partial charge is 0.478 e. The van der Waals surface area contributed by atoms with Crippen LogP contribution in [0, 0.1) is 5.82 Å². The van der Waals surface area contributed by atoms with E-state index in [0.29, 0.717) is 0 Å². The Labute approximate surface area is 120 Å². The molecule has 0 aliphatic rings. The molecule has 7 nitrogen and oxygen atoms in total. The lowest BCUT2D eigenvalue weighted by Gasteiger charge is -2.10. The quantitative estimate of drug-likeness (QED) is 0.731. The number of sulfonamides is 1. The summed E-state index contributed by atoms with van der Waals surface area (Å²) in [6.07, 6.45) is -0.388. The molecular formula is C12H14FNO6S. The standard InChI is InChI=1S/C12H14FNO6S/c1-2-20-10(15)6-7-21(18,19)14-9-5-3-4-8(13)11(9)12(16)17/h3-5,14H,2,6-7H2,1H3,(H,16,17). The molecule has 1 aromatic rings. The number of hydrogen-bond acceptors (Lipinski definition) is 5. The molecule has 1 rings (SSSR count). The molecule has 0 bridgehead atoms. The third-order valence-electron chi connectivity index (χ3n) is 2.37. The molecule has 9 heteroatoms. The first-order valence-electron chi connectivity index (χ1n) is 5.94. The van der Waals surface area contributed by atoms with Crippen molar-refractivity contribution in [1.29, 1.82) is 0 Å². The van der Waals surface area contributed by atoms with Gasteiger partial charge in [0.25, 0.3) is 0 Å². The van der Waals surface area contributed by atoms with Crippen LogP contribution < -0.4 is 4.72 Å². The zero-order valence-corrected chi connectivity index (χ0v) is 11.9. The van der Waals surface area contributed by atoms with E-state index < -0.39 is 44.8 Å². The summed E-state index contributed by atoms with van der Waals surface area (Å²) in [7, 11) is -4.00. The molecule has 0 saturated carbocycles. The van der Waals surface area contributed by atoms with Crippen LogP contribution in [0.4, 0.5) is 10.1 Å². The first-order valence-corrected chi connectivity index (χ1v) is 7.60. The third kappa shape index (κ3) is 5.03. The molecule has 0 aliphatic carbocycles. The van der Waals surface area contributed by atoms with Crippen molar-refractivity contribution in [2.24, 2.45) is 0 Å². The fraction of sp³-hybridized carbons (Fsp3) is 0.333. The van der Waals surface area contributed by atoms with Crippen LogP contribution in [0.5, 0.6) is 0 Å². The highest BCUT2D eigenvalue weighted by Crippen LogP contribution is 2.20. The predicted molar refractivity (Wildman–Crippen MR) is 72.0 cm³/mol. The van der Waals surface area contributed by atoms with Crippen molar-refractivity contribution in [2.75, 3.05) is 17.1 Å². The number of carbonyl (C=O) groups excluding carboxylic acids is 1. The van der Waals surface area contributed by atoms with Gasteiger partial charge in [-0.25, -0.2) is 17.6 Å². The number of halogens is 1. The lowest BCUT2D eigenvalue weighted by molar-refractivity contribution is -0.142. The zero-order chi connectivity index (χ0) is 16.0. The number of ether oxygens (including phenoxy) is 1. The number of hydrogen-bond donors (Lipinski definition) is 2. The number of carbonyl (C=O) groups is 2. The zero-order valence-electron chi connectivity index (χ0n) is 11.1. The highest BCUT2D eigenvalue weighted by molar-refractivity contribution is 7.92. The molecule has 1 aromatic carbocycles. The van der Waals surface area contributed by atoms with E-state index in [1.54, 1.807) is 6.92 Å². The van der Waals surface area contributed by atoms with Crippen LogP contribution in [0.25, 0.3) is 0 Å². The van der Waals surface area contributed by atoms with Gasteiger partial charge >= 0.3 is 11.9 Å². The molecule has 0 fully saturated rings. The van der Waals surface area contributed by atoms with Gasteiger partial charge in [0.1, 0.15) is 11.4 Å². The van der Waals surface area contributed by atoms with E-state index in [1.165, 1.54) is 6.07 Å². The fourth-order valence-corrected chi connectivity index (χ4v) is 2.54. The third-order valence-corrected chi connectivity index (χ3v) is 3.65. The maximum atomic E-state index is 13.4. The molecule has 0 unspecified atom stereocenters. The monoisotopic (exact) mass is 319 g/mol. The second-order valence-electron chi connectivity index (χ2n) is 3.94. The number of anilines is 1. The van der Waals surface area contributed by atoms with Crippen LogP contribution in [0.2, 0.25) is 0 Å². The van der Waals surface area contributed by atoms with Crippen molar-refractivity contribution in [3.05, 3.63) is 29.6 Å². The van der Waals surface area contributed by atoms with Crippen LogP contribution in [0.1, 0.15) is 23.7 Å². The maximum absolute atomic E-state index is 13.4. The lowest BCUT2D eigenvalue weighted by atomic mass is 10.2. The van der Waals surface area contributed by atoms with Crippen molar-refractivity contribution in [3.8, 4) is 0 Å². The normalized spacial score (nSPS) is 11.0.